The fraction of sp³-hybridized carbons (Fsp3) is 0.562. The van der Waals surface area contributed by atoms with Crippen molar-refractivity contribution in [3.05, 3.63) is 29.8 Å². The largest absolute Gasteiger partial charge is 0.311 e. The number of nitrogens with one attached hydrogen (secondary N) is 1. The second-order valence-corrected chi connectivity index (χ2v) is 5.61. The van der Waals surface area contributed by atoms with E-state index in [2.05, 4.69) is 36.4 Å². The molecule has 0 radical (unpaired) electrons. The first kappa shape index (κ1) is 15.0. The number of nitrogens with zero attached hydrogens (tertiary/aromatic N) is 2. The van der Waals surface area contributed by atoms with Gasteiger partial charge in [-0.05, 0) is 58.1 Å². The van der Waals surface area contributed by atoms with Crippen LogP contribution in [0.5, 0.6) is 0 Å². The number of carbonyl (C=O) groups is 1. The molecule has 0 saturated heterocycles. The van der Waals surface area contributed by atoms with Crippen molar-refractivity contribution in [3.63, 3.8) is 0 Å². The van der Waals surface area contributed by atoms with Crippen molar-refractivity contribution in [2.24, 2.45) is 0 Å². The molecule has 4 heteroatoms. The third-order valence-electron chi connectivity index (χ3n) is 3.65. The van der Waals surface area contributed by atoms with Gasteiger partial charge in [0.2, 0.25) is 5.91 Å². The zero-order valence-electron chi connectivity index (χ0n) is 12.6. The Hall–Kier alpha value is -1.39. The Labute approximate surface area is 121 Å². The third kappa shape index (κ3) is 4.05. The Morgan fingerprint density at radius 1 is 1.35 bits per heavy atom. The maximum atomic E-state index is 12.3. The molecule has 1 heterocycles. The highest BCUT2D eigenvalue weighted by Gasteiger charge is 2.21. The van der Waals surface area contributed by atoms with Crippen LogP contribution in [-0.4, -0.2) is 51.1 Å². The monoisotopic (exact) mass is 275 g/mol. The Balaban J connectivity index is 1.82. The SMILES string of the molecule is CN(C)CCCNCC(=O)N1CCCc2ccccc21. The Bertz CT molecular complexity index is 445. The summed E-state index contributed by atoms with van der Waals surface area (Å²) in [5, 5.41) is 3.25. The van der Waals surface area contributed by atoms with Crippen molar-refractivity contribution in [2.45, 2.75) is 19.3 Å². The number of rotatable bonds is 6. The van der Waals surface area contributed by atoms with Crippen molar-refractivity contribution in [2.75, 3.05) is 45.2 Å². The first-order valence-corrected chi connectivity index (χ1v) is 7.42. The topological polar surface area (TPSA) is 35.6 Å². The van der Waals surface area contributed by atoms with Crippen molar-refractivity contribution < 1.29 is 4.79 Å². The normalized spacial score (nSPS) is 14.4. The molecule has 0 atom stereocenters. The van der Waals surface area contributed by atoms with Crippen LogP contribution in [0.15, 0.2) is 24.3 Å². The van der Waals surface area contributed by atoms with Gasteiger partial charge in [-0.2, -0.15) is 0 Å². The van der Waals surface area contributed by atoms with Gasteiger partial charge in [0.15, 0.2) is 0 Å². The zero-order valence-corrected chi connectivity index (χ0v) is 12.6. The van der Waals surface area contributed by atoms with Crippen LogP contribution in [0.2, 0.25) is 0 Å². The molecule has 0 spiro atoms. The molecule has 0 unspecified atom stereocenters. The first-order chi connectivity index (χ1) is 9.68. The maximum Gasteiger partial charge on any atom is 0.240 e. The van der Waals surface area contributed by atoms with E-state index in [9.17, 15) is 4.79 Å². The number of amides is 1. The van der Waals surface area contributed by atoms with E-state index >= 15 is 0 Å². The van der Waals surface area contributed by atoms with Gasteiger partial charge in [-0.1, -0.05) is 18.2 Å². The Morgan fingerprint density at radius 2 is 2.15 bits per heavy atom. The molecule has 0 fully saturated rings. The summed E-state index contributed by atoms with van der Waals surface area (Å²) < 4.78 is 0. The highest BCUT2D eigenvalue weighted by molar-refractivity contribution is 5.95. The minimum absolute atomic E-state index is 0.182. The van der Waals surface area contributed by atoms with E-state index < -0.39 is 0 Å². The highest BCUT2D eigenvalue weighted by Crippen LogP contribution is 2.26. The summed E-state index contributed by atoms with van der Waals surface area (Å²) in [6, 6.07) is 8.24. The summed E-state index contributed by atoms with van der Waals surface area (Å²) in [7, 11) is 4.13. The lowest BCUT2D eigenvalue weighted by Crippen LogP contribution is -2.41. The number of anilines is 1. The van der Waals surface area contributed by atoms with E-state index in [0.29, 0.717) is 6.54 Å². The second-order valence-electron chi connectivity index (χ2n) is 5.61. The minimum Gasteiger partial charge on any atom is -0.311 e. The number of fused-ring (bicyclic) bond motifs is 1. The van der Waals surface area contributed by atoms with Gasteiger partial charge in [0.25, 0.3) is 0 Å². The van der Waals surface area contributed by atoms with Gasteiger partial charge in [0, 0.05) is 12.2 Å². The molecule has 4 nitrogen and oxygen atoms in total. The van der Waals surface area contributed by atoms with Gasteiger partial charge < -0.3 is 15.1 Å². The van der Waals surface area contributed by atoms with Crippen LogP contribution in [0.3, 0.4) is 0 Å². The fourth-order valence-corrected chi connectivity index (χ4v) is 2.60. The van der Waals surface area contributed by atoms with Crippen LogP contribution in [0.25, 0.3) is 0 Å². The molecule has 2 rings (SSSR count). The van der Waals surface area contributed by atoms with Gasteiger partial charge in [-0.15, -0.1) is 0 Å². The van der Waals surface area contributed by atoms with Gasteiger partial charge >= 0.3 is 0 Å². The summed E-state index contributed by atoms with van der Waals surface area (Å²) >= 11 is 0. The van der Waals surface area contributed by atoms with Gasteiger partial charge in [-0.25, -0.2) is 0 Å². The second kappa shape index (κ2) is 7.41. The van der Waals surface area contributed by atoms with Crippen LogP contribution in [0.4, 0.5) is 5.69 Å². The lowest BCUT2D eigenvalue weighted by atomic mass is 10.0. The van der Waals surface area contributed by atoms with E-state index in [4.69, 9.17) is 0 Å². The number of aryl methyl sites for hydroxylation is 1. The fourth-order valence-electron chi connectivity index (χ4n) is 2.60. The lowest BCUT2D eigenvalue weighted by molar-refractivity contribution is -0.117. The summed E-state index contributed by atoms with van der Waals surface area (Å²) in [5.41, 5.74) is 2.39. The molecule has 1 aromatic rings. The van der Waals surface area contributed by atoms with E-state index in [-0.39, 0.29) is 5.91 Å². The number of para-hydroxylation sites is 1. The molecule has 1 aromatic carbocycles. The summed E-state index contributed by atoms with van der Waals surface area (Å²) in [4.78, 5) is 16.4. The molecule has 1 aliphatic rings. The maximum absolute atomic E-state index is 12.3. The number of hydrogen-bond acceptors (Lipinski definition) is 3. The third-order valence-corrected chi connectivity index (χ3v) is 3.65. The van der Waals surface area contributed by atoms with Gasteiger partial charge in [0.05, 0.1) is 6.54 Å². The van der Waals surface area contributed by atoms with Crippen molar-refractivity contribution in [3.8, 4) is 0 Å². The highest BCUT2D eigenvalue weighted by atomic mass is 16.2. The molecule has 0 saturated carbocycles. The molecular weight excluding hydrogens is 250 g/mol. The predicted octanol–water partition coefficient (Wildman–Crippen LogP) is 1.51. The molecule has 0 bridgehead atoms. The zero-order chi connectivity index (χ0) is 14.4. The predicted molar refractivity (Wildman–Crippen MR) is 83.2 cm³/mol. The van der Waals surface area contributed by atoms with Crippen molar-refractivity contribution in [1.82, 2.24) is 10.2 Å². The van der Waals surface area contributed by atoms with Crippen LogP contribution in [-0.2, 0) is 11.2 Å². The molecule has 1 aliphatic heterocycles. The van der Waals surface area contributed by atoms with Crippen LogP contribution in [0.1, 0.15) is 18.4 Å². The lowest BCUT2D eigenvalue weighted by Gasteiger charge is -2.29. The van der Waals surface area contributed by atoms with Gasteiger partial charge in [0.1, 0.15) is 0 Å². The van der Waals surface area contributed by atoms with E-state index in [1.807, 2.05) is 17.0 Å². The van der Waals surface area contributed by atoms with Crippen LogP contribution in [0, 0.1) is 0 Å². The molecule has 0 aromatic heterocycles. The average Bonchev–Trinajstić information content (AvgIpc) is 2.45. The van der Waals surface area contributed by atoms with Crippen molar-refractivity contribution >= 4 is 11.6 Å². The van der Waals surface area contributed by atoms with Gasteiger partial charge in [-0.3, -0.25) is 4.79 Å². The van der Waals surface area contributed by atoms with E-state index in [0.717, 1.165) is 44.6 Å². The Kier molecular flexibility index (Phi) is 5.56. The molecular formula is C16H25N3O. The van der Waals surface area contributed by atoms with E-state index in [1.54, 1.807) is 0 Å². The minimum atomic E-state index is 0.182. The number of benzene rings is 1. The molecule has 0 aliphatic carbocycles. The molecule has 20 heavy (non-hydrogen) atoms. The van der Waals surface area contributed by atoms with Crippen LogP contribution >= 0.6 is 0 Å². The number of hydrogen-bond donors (Lipinski definition) is 1. The summed E-state index contributed by atoms with van der Waals surface area (Å²) in [6.45, 7) is 3.21. The van der Waals surface area contributed by atoms with Crippen LogP contribution < -0.4 is 10.2 Å². The molecule has 110 valence electrons. The Morgan fingerprint density at radius 3 is 2.95 bits per heavy atom. The summed E-state index contributed by atoms with van der Waals surface area (Å²) in [6.07, 6.45) is 3.20. The smallest absolute Gasteiger partial charge is 0.240 e. The number of carbonyl (C=O) groups excluding carboxylic acids is 1. The van der Waals surface area contributed by atoms with Crippen molar-refractivity contribution in [1.29, 1.82) is 0 Å². The molecule has 1 amide bonds. The van der Waals surface area contributed by atoms with E-state index in [1.165, 1.54) is 5.56 Å². The quantitative estimate of drug-likeness (QED) is 0.799. The first-order valence-electron chi connectivity index (χ1n) is 7.42. The standard InChI is InChI=1S/C16H25N3O/c1-18(2)11-6-10-17-13-16(20)19-12-5-8-14-7-3-4-9-15(14)19/h3-4,7,9,17H,5-6,8,10-13H2,1-2H3. The average molecular weight is 275 g/mol. The molecule has 1 N–H and O–H groups in total. The summed E-state index contributed by atoms with van der Waals surface area (Å²) in [5.74, 6) is 0.182.